The highest BCUT2D eigenvalue weighted by molar-refractivity contribution is 5.77. The molecule has 1 amide bonds. The smallest absolute Gasteiger partial charge is 0.348 e. The van der Waals surface area contributed by atoms with E-state index >= 15 is 0 Å². The zero-order valence-corrected chi connectivity index (χ0v) is 15.5. The summed E-state index contributed by atoms with van der Waals surface area (Å²) in [7, 11) is 0. The second-order valence-corrected chi connectivity index (χ2v) is 6.82. The molecule has 2 aromatic heterocycles. The van der Waals surface area contributed by atoms with Crippen LogP contribution in [0.15, 0.2) is 48.7 Å². The minimum absolute atomic E-state index is 0.0863. The van der Waals surface area contributed by atoms with E-state index < -0.39 is 11.7 Å². The first-order chi connectivity index (χ1) is 13.8. The number of anilines is 2. The molecule has 3 aromatic rings. The molecule has 9 heteroatoms. The molecule has 1 atom stereocenters. The highest BCUT2D eigenvalue weighted by atomic mass is 19.4. The van der Waals surface area contributed by atoms with Gasteiger partial charge < -0.3 is 10.6 Å². The fourth-order valence-corrected chi connectivity index (χ4v) is 3.40. The van der Waals surface area contributed by atoms with Gasteiger partial charge in [0.15, 0.2) is 0 Å². The van der Waals surface area contributed by atoms with Gasteiger partial charge >= 0.3 is 6.18 Å². The number of aryl methyl sites for hydroxylation is 1. The van der Waals surface area contributed by atoms with Gasteiger partial charge in [0.25, 0.3) is 0 Å². The van der Waals surface area contributed by atoms with Gasteiger partial charge in [0.05, 0.1) is 23.0 Å². The summed E-state index contributed by atoms with van der Waals surface area (Å²) in [5.41, 5.74) is 2.09. The highest BCUT2D eigenvalue weighted by Gasteiger charge is 2.30. The molecule has 0 aliphatic carbocycles. The van der Waals surface area contributed by atoms with E-state index in [4.69, 9.17) is 0 Å². The molecular formula is C20H18F3N5O. The lowest BCUT2D eigenvalue weighted by atomic mass is 10.1. The standard InChI is InChI=1S/C20H18F3N5O/c1-12(29)25-16-8-10-28-18(16)11-17(27-28)15-3-2-9-24-19(15)26-14-6-4-13(5-7-14)20(21,22)23/h2-7,9,11,16H,8,10H2,1H3,(H,24,26)(H,25,29)/t16-/m1/s1. The van der Waals surface area contributed by atoms with Gasteiger partial charge in [-0.25, -0.2) is 4.98 Å². The van der Waals surface area contributed by atoms with Gasteiger partial charge in [0, 0.05) is 30.9 Å². The Balaban J connectivity index is 1.61. The summed E-state index contributed by atoms with van der Waals surface area (Å²) in [5, 5.41) is 10.6. The van der Waals surface area contributed by atoms with Crippen molar-refractivity contribution in [1.29, 1.82) is 0 Å². The van der Waals surface area contributed by atoms with Gasteiger partial charge in [0.1, 0.15) is 5.82 Å². The van der Waals surface area contributed by atoms with E-state index in [0.29, 0.717) is 23.7 Å². The molecule has 0 saturated heterocycles. The van der Waals surface area contributed by atoms with Gasteiger partial charge in [-0.15, -0.1) is 0 Å². The fraction of sp³-hybridized carbons (Fsp3) is 0.250. The van der Waals surface area contributed by atoms with E-state index in [1.807, 2.05) is 16.8 Å². The molecule has 3 heterocycles. The van der Waals surface area contributed by atoms with Crippen molar-refractivity contribution in [1.82, 2.24) is 20.1 Å². The van der Waals surface area contributed by atoms with Crippen molar-refractivity contribution in [2.75, 3.05) is 5.32 Å². The Morgan fingerprint density at radius 2 is 1.97 bits per heavy atom. The second kappa shape index (κ2) is 7.23. The lowest BCUT2D eigenvalue weighted by Crippen LogP contribution is -2.24. The van der Waals surface area contributed by atoms with Crippen LogP contribution < -0.4 is 10.6 Å². The summed E-state index contributed by atoms with van der Waals surface area (Å²) < 4.78 is 40.1. The second-order valence-electron chi connectivity index (χ2n) is 6.82. The number of alkyl halides is 3. The minimum Gasteiger partial charge on any atom is -0.348 e. The molecule has 0 fully saturated rings. The number of nitrogens with one attached hydrogen (secondary N) is 2. The number of amides is 1. The number of rotatable bonds is 4. The molecular weight excluding hydrogens is 383 g/mol. The molecule has 4 rings (SSSR count). The van der Waals surface area contributed by atoms with E-state index in [1.165, 1.54) is 19.1 Å². The number of carbonyl (C=O) groups excluding carboxylic acids is 1. The zero-order chi connectivity index (χ0) is 20.6. The summed E-state index contributed by atoms with van der Waals surface area (Å²) in [6, 6.07) is 10.2. The lowest BCUT2D eigenvalue weighted by Gasteiger charge is -2.11. The number of fused-ring (bicyclic) bond motifs is 1. The average molecular weight is 401 g/mol. The van der Waals surface area contributed by atoms with E-state index in [0.717, 1.165) is 29.8 Å². The third-order valence-corrected chi connectivity index (χ3v) is 4.73. The van der Waals surface area contributed by atoms with Gasteiger partial charge in [0.2, 0.25) is 5.91 Å². The van der Waals surface area contributed by atoms with Crippen LogP contribution in [0.2, 0.25) is 0 Å². The summed E-state index contributed by atoms with van der Waals surface area (Å²) >= 11 is 0. The monoisotopic (exact) mass is 401 g/mol. The Morgan fingerprint density at radius 1 is 1.21 bits per heavy atom. The normalized spacial score (nSPS) is 15.8. The number of pyridine rings is 1. The number of aromatic nitrogens is 3. The van der Waals surface area contributed by atoms with E-state index in [9.17, 15) is 18.0 Å². The SMILES string of the molecule is CC(=O)N[C@@H]1CCn2nc(-c3cccnc3Nc3ccc(C(F)(F)F)cc3)cc21. The third kappa shape index (κ3) is 3.94. The maximum atomic E-state index is 12.8. The fourth-order valence-electron chi connectivity index (χ4n) is 3.40. The average Bonchev–Trinajstić information content (AvgIpc) is 3.23. The molecule has 6 nitrogen and oxygen atoms in total. The van der Waals surface area contributed by atoms with Crippen LogP contribution >= 0.6 is 0 Å². The molecule has 0 bridgehead atoms. The van der Waals surface area contributed by atoms with E-state index in [-0.39, 0.29) is 11.9 Å². The largest absolute Gasteiger partial charge is 0.416 e. The van der Waals surface area contributed by atoms with Gasteiger partial charge in [-0.1, -0.05) is 0 Å². The topological polar surface area (TPSA) is 71.8 Å². The van der Waals surface area contributed by atoms with Gasteiger partial charge in [-0.05, 0) is 48.9 Å². The lowest BCUT2D eigenvalue weighted by molar-refractivity contribution is -0.137. The zero-order valence-electron chi connectivity index (χ0n) is 15.5. The Kier molecular flexibility index (Phi) is 4.73. The predicted octanol–water partition coefficient (Wildman–Crippen LogP) is 4.29. The third-order valence-electron chi connectivity index (χ3n) is 4.73. The van der Waals surface area contributed by atoms with Crippen molar-refractivity contribution < 1.29 is 18.0 Å². The summed E-state index contributed by atoms with van der Waals surface area (Å²) in [4.78, 5) is 15.7. The van der Waals surface area contributed by atoms with E-state index in [1.54, 1.807) is 12.3 Å². The first-order valence-electron chi connectivity index (χ1n) is 9.06. The molecule has 29 heavy (non-hydrogen) atoms. The number of hydrogen-bond donors (Lipinski definition) is 2. The van der Waals surface area contributed by atoms with Crippen molar-refractivity contribution in [3.8, 4) is 11.3 Å². The number of carbonyl (C=O) groups is 1. The number of halogens is 3. The quantitative estimate of drug-likeness (QED) is 0.684. The van der Waals surface area contributed by atoms with Crippen LogP contribution in [0.3, 0.4) is 0 Å². The first kappa shape index (κ1) is 19.0. The van der Waals surface area contributed by atoms with Crippen LogP contribution in [-0.2, 0) is 17.5 Å². The van der Waals surface area contributed by atoms with Crippen LogP contribution in [0.1, 0.15) is 30.6 Å². The molecule has 1 aliphatic rings. The van der Waals surface area contributed by atoms with Crippen LogP contribution in [-0.4, -0.2) is 20.7 Å². The molecule has 0 spiro atoms. The predicted molar refractivity (Wildman–Crippen MR) is 101 cm³/mol. The molecule has 1 aliphatic heterocycles. The van der Waals surface area contributed by atoms with Crippen LogP contribution in [0.25, 0.3) is 11.3 Å². The molecule has 1 aromatic carbocycles. The molecule has 150 valence electrons. The summed E-state index contributed by atoms with van der Waals surface area (Å²) in [6.07, 6.45) is -2.00. The first-order valence-corrected chi connectivity index (χ1v) is 9.06. The Hall–Kier alpha value is -3.36. The Morgan fingerprint density at radius 3 is 2.66 bits per heavy atom. The Bertz CT molecular complexity index is 1040. The number of benzene rings is 1. The van der Waals surface area contributed by atoms with Crippen LogP contribution in [0, 0.1) is 0 Å². The number of nitrogens with zero attached hydrogens (tertiary/aromatic N) is 3. The summed E-state index contributed by atoms with van der Waals surface area (Å²) in [5.74, 6) is 0.386. The van der Waals surface area contributed by atoms with Crippen molar-refractivity contribution in [3.63, 3.8) is 0 Å². The number of hydrogen-bond acceptors (Lipinski definition) is 4. The van der Waals surface area contributed by atoms with Crippen molar-refractivity contribution in [2.45, 2.75) is 32.1 Å². The van der Waals surface area contributed by atoms with E-state index in [2.05, 4.69) is 20.7 Å². The van der Waals surface area contributed by atoms with Crippen LogP contribution in [0.5, 0.6) is 0 Å². The highest BCUT2D eigenvalue weighted by Crippen LogP contribution is 2.34. The Labute approximate surface area is 164 Å². The van der Waals surface area contributed by atoms with Crippen molar-refractivity contribution in [3.05, 3.63) is 59.9 Å². The van der Waals surface area contributed by atoms with Crippen molar-refractivity contribution >= 4 is 17.4 Å². The molecule has 0 saturated carbocycles. The molecule has 0 radical (unpaired) electrons. The van der Waals surface area contributed by atoms with Gasteiger partial charge in [-0.2, -0.15) is 18.3 Å². The van der Waals surface area contributed by atoms with Crippen molar-refractivity contribution in [2.24, 2.45) is 0 Å². The maximum absolute atomic E-state index is 12.8. The maximum Gasteiger partial charge on any atom is 0.416 e. The van der Waals surface area contributed by atoms with Crippen LogP contribution in [0.4, 0.5) is 24.7 Å². The van der Waals surface area contributed by atoms with Gasteiger partial charge in [-0.3, -0.25) is 9.48 Å². The molecule has 2 N–H and O–H groups in total. The minimum atomic E-state index is -4.38. The molecule has 0 unspecified atom stereocenters. The summed E-state index contributed by atoms with van der Waals surface area (Å²) in [6.45, 7) is 2.18.